The topological polar surface area (TPSA) is 88.7 Å². The van der Waals surface area contributed by atoms with Crippen molar-refractivity contribution >= 4 is 11.5 Å². The molecule has 92 valence electrons. The highest BCUT2D eigenvalue weighted by Gasteiger charge is 2.40. The van der Waals surface area contributed by atoms with Crippen LogP contribution in [-0.2, 0) is 0 Å². The van der Waals surface area contributed by atoms with Gasteiger partial charge in [-0.1, -0.05) is 0 Å². The predicted octanol–water partition coefficient (Wildman–Crippen LogP) is 0.569. The first kappa shape index (κ1) is 11.6. The summed E-state index contributed by atoms with van der Waals surface area (Å²) in [6, 6.07) is 2.80. The van der Waals surface area contributed by atoms with Crippen molar-refractivity contribution in [1.82, 2.24) is 4.98 Å². The van der Waals surface area contributed by atoms with Gasteiger partial charge in [-0.15, -0.1) is 0 Å². The van der Waals surface area contributed by atoms with E-state index in [-0.39, 0.29) is 11.5 Å². The maximum atomic E-state index is 10.9. The lowest BCUT2D eigenvalue weighted by atomic mass is 9.97. The second kappa shape index (κ2) is 3.85. The second-order valence-electron chi connectivity index (χ2n) is 4.31. The summed E-state index contributed by atoms with van der Waals surface area (Å²) in [5, 5.41) is 20.5. The van der Waals surface area contributed by atoms with E-state index >= 15 is 0 Å². The summed E-state index contributed by atoms with van der Waals surface area (Å²) in [7, 11) is 1.45. The zero-order valence-corrected chi connectivity index (χ0v) is 9.58. The molecule has 2 rings (SSSR count). The Morgan fingerprint density at radius 1 is 1.59 bits per heavy atom. The van der Waals surface area contributed by atoms with Crippen LogP contribution < -0.4 is 9.64 Å². The number of ether oxygens (including phenoxy) is 1. The zero-order valence-electron chi connectivity index (χ0n) is 9.58. The van der Waals surface area contributed by atoms with Crippen LogP contribution in [0.2, 0.25) is 0 Å². The largest absolute Gasteiger partial charge is 0.481 e. The van der Waals surface area contributed by atoms with Crippen molar-refractivity contribution in [3.63, 3.8) is 0 Å². The minimum atomic E-state index is -0.807. The summed E-state index contributed by atoms with van der Waals surface area (Å²) < 4.78 is 4.94. The lowest BCUT2D eigenvalue weighted by molar-refractivity contribution is -0.384. The Labute approximate surface area is 97.8 Å². The number of rotatable bonds is 3. The van der Waals surface area contributed by atoms with Gasteiger partial charge in [0.1, 0.15) is 0 Å². The molecular formula is C10H13N3O4. The van der Waals surface area contributed by atoms with Gasteiger partial charge in [0.25, 0.3) is 0 Å². The van der Waals surface area contributed by atoms with E-state index in [0.717, 1.165) is 0 Å². The van der Waals surface area contributed by atoms with Crippen LogP contribution in [0.15, 0.2) is 12.1 Å². The number of hydrogen-bond acceptors (Lipinski definition) is 6. The number of hydrogen-bond donors (Lipinski definition) is 1. The van der Waals surface area contributed by atoms with E-state index in [0.29, 0.717) is 19.0 Å². The van der Waals surface area contributed by atoms with E-state index < -0.39 is 10.5 Å². The smallest absolute Gasteiger partial charge is 0.311 e. The molecule has 1 aliphatic rings. The normalized spacial score (nSPS) is 17.5. The molecule has 0 saturated carbocycles. The van der Waals surface area contributed by atoms with Crippen molar-refractivity contribution in [3.05, 3.63) is 22.2 Å². The molecule has 0 radical (unpaired) electrons. The first-order valence-electron chi connectivity index (χ1n) is 5.10. The van der Waals surface area contributed by atoms with E-state index in [1.165, 1.54) is 19.2 Å². The molecule has 1 aromatic rings. The van der Waals surface area contributed by atoms with Crippen LogP contribution in [-0.4, -0.2) is 40.8 Å². The molecule has 0 unspecified atom stereocenters. The monoisotopic (exact) mass is 239 g/mol. The fraction of sp³-hybridized carbons (Fsp3) is 0.500. The van der Waals surface area contributed by atoms with Gasteiger partial charge in [0.05, 0.1) is 17.6 Å². The second-order valence-corrected chi connectivity index (χ2v) is 4.31. The van der Waals surface area contributed by atoms with Gasteiger partial charge in [-0.3, -0.25) is 10.1 Å². The Hall–Kier alpha value is -1.89. The van der Waals surface area contributed by atoms with Crippen molar-refractivity contribution in [2.75, 3.05) is 25.1 Å². The van der Waals surface area contributed by atoms with Crippen molar-refractivity contribution in [2.24, 2.45) is 0 Å². The van der Waals surface area contributed by atoms with Crippen LogP contribution in [0.4, 0.5) is 11.5 Å². The Morgan fingerprint density at radius 3 is 2.71 bits per heavy atom. The van der Waals surface area contributed by atoms with Crippen molar-refractivity contribution in [1.29, 1.82) is 0 Å². The van der Waals surface area contributed by atoms with Gasteiger partial charge in [-0.05, 0) is 6.92 Å². The Bertz CT molecular complexity index is 453. The van der Waals surface area contributed by atoms with Crippen molar-refractivity contribution in [3.8, 4) is 5.88 Å². The minimum absolute atomic E-state index is 0.0821. The van der Waals surface area contributed by atoms with Gasteiger partial charge < -0.3 is 14.7 Å². The highest BCUT2D eigenvalue weighted by molar-refractivity contribution is 5.61. The number of anilines is 1. The molecule has 1 fully saturated rings. The standard InChI is InChI=1S/C10H13N3O4/c1-10(14)5-12(6-10)9-7(13(15)16)3-4-8(11-9)17-2/h3-4,14H,5-6H2,1-2H3. The highest BCUT2D eigenvalue weighted by Crippen LogP contribution is 2.34. The molecule has 0 aromatic carbocycles. The lowest BCUT2D eigenvalue weighted by Gasteiger charge is -2.44. The van der Waals surface area contributed by atoms with Crippen LogP contribution in [0.25, 0.3) is 0 Å². The lowest BCUT2D eigenvalue weighted by Crippen LogP contribution is -2.60. The van der Waals surface area contributed by atoms with E-state index in [4.69, 9.17) is 4.74 Å². The number of nitrogens with zero attached hydrogens (tertiary/aromatic N) is 3. The van der Waals surface area contributed by atoms with Crippen molar-refractivity contribution < 1.29 is 14.8 Å². The Balaban J connectivity index is 2.33. The molecular weight excluding hydrogens is 226 g/mol. The number of pyridine rings is 1. The van der Waals surface area contributed by atoms with Crippen LogP contribution >= 0.6 is 0 Å². The van der Waals surface area contributed by atoms with E-state index in [2.05, 4.69) is 4.98 Å². The fourth-order valence-corrected chi connectivity index (χ4v) is 1.84. The van der Waals surface area contributed by atoms with Gasteiger partial charge >= 0.3 is 5.69 Å². The van der Waals surface area contributed by atoms with Gasteiger partial charge in [-0.25, -0.2) is 0 Å². The molecule has 0 bridgehead atoms. The highest BCUT2D eigenvalue weighted by atomic mass is 16.6. The molecule has 1 aliphatic heterocycles. The molecule has 0 spiro atoms. The molecule has 7 nitrogen and oxygen atoms in total. The van der Waals surface area contributed by atoms with E-state index in [9.17, 15) is 15.2 Å². The third-order valence-corrected chi connectivity index (χ3v) is 2.60. The number of aliphatic hydroxyl groups is 1. The van der Waals surface area contributed by atoms with Crippen LogP contribution in [0.1, 0.15) is 6.92 Å². The van der Waals surface area contributed by atoms with Gasteiger partial charge in [0, 0.05) is 25.2 Å². The molecule has 1 N–H and O–H groups in total. The molecule has 1 saturated heterocycles. The van der Waals surface area contributed by atoms with Gasteiger partial charge in [0.2, 0.25) is 11.7 Å². The van der Waals surface area contributed by atoms with Gasteiger partial charge in [-0.2, -0.15) is 4.98 Å². The van der Waals surface area contributed by atoms with Crippen LogP contribution in [0.5, 0.6) is 5.88 Å². The van der Waals surface area contributed by atoms with Crippen molar-refractivity contribution in [2.45, 2.75) is 12.5 Å². The third kappa shape index (κ3) is 2.14. The predicted molar refractivity (Wildman–Crippen MR) is 60.3 cm³/mol. The maximum Gasteiger partial charge on any atom is 0.311 e. The number of methoxy groups -OCH3 is 1. The SMILES string of the molecule is COc1ccc([N+](=O)[O-])c(N2CC(C)(O)C2)n1. The summed E-state index contributed by atoms with van der Waals surface area (Å²) in [6.07, 6.45) is 0. The van der Waals surface area contributed by atoms with Gasteiger partial charge in [0.15, 0.2) is 0 Å². The molecule has 1 aromatic heterocycles. The number of β-amino-alcohol motifs (C(OH)–C–C–N with tert-alkyl or cyclic N) is 1. The van der Waals surface area contributed by atoms with E-state index in [1.54, 1.807) is 11.8 Å². The number of nitro groups is 1. The Morgan fingerprint density at radius 2 is 2.24 bits per heavy atom. The molecule has 2 heterocycles. The summed E-state index contributed by atoms with van der Waals surface area (Å²) in [5.41, 5.74) is -0.889. The minimum Gasteiger partial charge on any atom is -0.481 e. The molecule has 7 heteroatoms. The quantitative estimate of drug-likeness (QED) is 0.612. The third-order valence-electron chi connectivity index (χ3n) is 2.60. The van der Waals surface area contributed by atoms with Crippen LogP contribution in [0, 0.1) is 10.1 Å². The fourth-order valence-electron chi connectivity index (χ4n) is 1.84. The molecule has 0 amide bonds. The average Bonchev–Trinajstić information content (AvgIpc) is 2.24. The first-order chi connectivity index (χ1) is 7.93. The summed E-state index contributed by atoms with van der Waals surface area (Å²) in [4.78, 5) is 16.1. The molecule has 0 atom stereocenters. The van der Waals surface area contributed by atoms with E-state index in [1.807, 2.05) is 0 Å². The zero-order chi connectivity index (χ0) is 12.6. The van der Waals surface area contributed by atoms with Crippen LogP contribution in [0.3, 0.4) is 0 Å². The molecule has 0 aliphatic carbocycles. The maximum absolute atomic E-state index is 10.9. The summed E-state index contributed by atoms with van der Waals surface area (Å²) in [6.45, 7) is 2.33. The molecule has 17 heavy (non-hydrogen) atoms. The number of aromatic nitrogens is 1. The average molecular weight is 239 g/mol. The first-order valence-corrected chi connectivity index (χ1v) is 5.10. The summed E-state index contributed by atoms with van der Waals surface area (Å²) in [5.74, 6) is 0.554. The Kier molecular flexibility index (Phi) is 2.62. The summed E-state index contributed by atoms with van der Waals surface area (Å²) >= 11 is 0.